The normalized spacial score (nSPS) is 10.3. The molecule has 20 heavy (non-hydrogen) atoms. The van der Waals surface area contributed by atoms with Crippen LogP contribution in [0, 0.1) is 5.41 Å². The number of hydrogen-bond acceptors (Lipinski definition) is 4. The second kappa shape index (κ2) is 6.15. The maximum Gasteiger partial charge on any atom is 0.124 e. The van der Waals surface area contributed by atoms with Crippen LogP contribution in [-0.4, -0.2) is 20.0 Å². The zero-order valence-electron chi connectivity index (χ0n) is 11.3. The summed E-state index contributed by atoms with van der Waals surface area (Å²) in [6.07, 6.45) is 0. The summed E-state index contributed by atoms with van der Waals surface area (Å²) in [7, 11) is 3.57. The van der Waals surface area contributed by atoms with Crippen LogP contribution < -0.4 is 15.4 Å². The molecule has 4 nitrogen and oxygen atoms in total. The van der Waals surface area contributed by atoms with Gasteiger partial charge in [0.25, 0.3) is 0 Å². The number of benzene rings is 1. The van der Waals surface area contributed by atoms with Crippen LogP contribution in [0.3, 0.4) is 0 Å². The van der Waals surface area contributed by atoms with E-state index in [1.54, 1.807) is 30.6 Å². The highest BCUT2D eigenvalue weighted by molar-refractivity contribution is 7.16. The predicted octanol–water partition coefficient (Wildman–Crippen LogP) is 3.33. The van der Waals surface area contributed by atoms with E-state index in [1.807, 2.05) is 30.1 Å². The summed E-state index contributed by atoms with van der Waals surface area (Å²) >= 11 is 7.49. The quantitative estimate of drug-likeness (QED) is 0.658. The van der Waals surface area contributed by atoms with Crippen molar-refractivity contribution in [2.75, 3.05) is 19.1 Å². The number of ether oxygens (including phenoxy) is 1. The fourth-order valence-corrected chi connectivity index (χ4v) is 3.08. The van der Waals surface area contributed by atoms with E-state index >= 15 is 0 Å². The molecular weight excluding hydrogens is 294 g/mol. The lowest BCUT2D eigenvalue weighted by Gasteiger charge is -2.22. The lowest BCUT2D eigenvalue weighted by atomic mass is 10.1. The molecule has 0 radical (unpaired) electrons. The Labute approximate surface area is 127 Å². The molecule has 0 unspecified atom stereocenters. The van der Waals surface area contributed by atoms with Crippen LogP contribution in [0.25, 0.3) is 0 Å². The molecule has 0 saturated heterocycles. The van der Waals surface area contributed by atoms with Gasteiger partial charge in [0.05, 0.1) is 23.7 Å². The number of methoxy groups -OCH3 is 1. The first-order valence-corrected chi connectivity index (χ1v) is 7.18. The van der Waals surface area contributed by atoms with Gasteiger partial charge in [0.1, 0.15) is 11.6 Å². The van der Waals surface area contributed by atoms with Crippen molar-refractivity contribution in [3.8, 4) is 5.75 Å². The second-order valence-corrected chi connectivity index (χ2v) is 6.16. The van der Waals surface area contributed by atoms with Crippen molar-refractivity contribution in [2.24, 2.45) is 5.73 Å². The fourth-order valence-electron chi connectivity index (χ4n) is 1.94. The highest BCUT2D eigenvalue weighted by atomic mass is 35.5. The molecule has 0 spiro atoms. The van der Waals surface area contributed by atoms with Gasteiger partial charge in [-0.3, -0.25) is 5.41 Å². The van der Waals surface area contributed by atoms with Crippen LogP contribution >= 0.6 is 22.9 Å². The van der Waals surface area contributed by atoms with Crippen LogP contribution in [0.4, 0.5) is 5.69 Å². The lowest BCUT2D eigenvalue weighted by molar-refractivity contribution is 0.415. The Hall–Kier alpha value is -1.72. The van der Waals surface area contributed by atoms with Gasteiger partial charge >= 0.3 is 0 Å². The van der Waals surface area contributed by atoms with Crippen molar-refractivity contribution in [1.82, 2.24) is 0 Å². The Morgan fingerprint density at radius 3 is 2.70 bits per heavy atom. The third kappa shape index (κ3) is 3.23. The summed E-state index contributed by atoms with van der Waals surface area (Å²) in [6.45, 7) is 0.699. The zero-order chi connectivity index (χ0) is 14.7. The highest BCUT2D eigenvalue weighted by Crippen LogP contribution is 2.28. The highest BCUT2D eigenvalue weighted by Gasteiger charge is 2.12. The van der Waals surface area contributed by atoms with Crippen LogP contribution in [0.5, 0.6) is 5.75 Å². The molecular formula is C14H16ClN3OS. The minimum absolute atomic E-state index is 0.0405. The van der Waals surface area contributed by atoms with Crippen LogP contribution in [0.2, 0.25) is 4.34 Å². The van der Waals surface area contributed by atoms with E-state index in [4.69, 9.17) is 27.5 Å². The molecule has 6 heteroatoms. The molecule has 2 aromatic rings. The molecule has 0 bridgehead atoms. The smallest absolute Gasteiger partial charge is 0.124 e. The SMILES string of the molecule is COc1ccc(C(=N)N)c(N(C)Cc2ccc(Cl)s2)c1. The topological polar surface area (TPSA) is 62.3 Å². The molecule has 106 valence electrons. The van der Waals surface area contributed by atoms with Crippen LogP contribution in [0.1, 0.15) is 10.4 Å². The Kier molecular flexibility index (Phi) is 4.52. The predicted molar refractivity (Wildman–Crippen MR) is 85.4 cm³/mol. The number of nitrogens with two attached hydrogens (primary N) is 1. The van der Waals surface area contributed by atoms with Gasteiger partial charge in [-0.05, 0) is 24.3 Å². The largest absolute Gasteiger partial charge is 0.497 e. The van der Waals surface area contributed by atoms with Gasteiger partial charge < -0.3 is 15.4 Å². The van der Waals surface area contributed by atoms with Gasteiger partial charge in [-0.1, -0.05) is 11.6 Å². The van der Waals surface area contributed by atoms with Crippen LogP contribution in [0.15, 0.2) is 30.3 Å². The molecule has 0 atom stereocenters. The number of halogens is 1. The number of amidine groups is 1. The monoisotopic (exact) mass is 309 g/mol. The second-order valence-electron chi connectivity index (χ2n) is 4.36. The molecule has 3 N–H and O–H groups in total. The molecule has 0 amide bonds. The number of nitrogen functional groups attached to an aromatic ring is 1. The third-order valence-corrected chi connectivity index (χ3v) is 4.14. The minimum atomic E-state index is 0.0405. The Morgan fingerprint density at radius 2 is 2.15 bits per heavy atom. The number of nitrogens with zero attached hydrogens (tertiary/aromatic N) is 1. The molecule has 1 heterocycles. The number of nitrogens with one attached hydrogen (secondary N) is 1. The molecule has 1 aromatic carbocycles. The van der Waals surface area contributed by atoms with E-state index in [2.05, 4.69) is 0 Å². The van der Waals surface area contributed by atoms with E-state index in [0.717, 1.165) is 20.7 Å². The van der Waals surface area contributed by atoms with E-state index in [1.165, 1.54) is 0 Å². The Balaban J connectivity index is 2.31. The van der Waals surface area contributed by atoms with Gasteiger partial charge in [0.15, 0.2) is 0 Å². The number of rotatable bonds is 5. The summed E-state index contributed by atoms with van der Waals surface area (Å²) in [4.78, 5) is 3.18. The number of thiophene rings is 1. The van der Waals surface area contributed by atoms with Gasteiger partial charge in [-0.25, -0.2) is 0 Å². The van der Waals surface area contributed by atoms with Gasteiger partial charge in [-0.15, -0.1) is 11.3 Å². The Bertz CT molecular complexity index is 627. The van der Waals surface area contributed by atoms with Gasteiger partial charge in [0, 0.05) is 23.6 Å². The van der Waals surface area contributed by atoms with Crippen molar-refractivity contribution in [3.05, 3.63) is 45.1 Å². The molecule has 0 saturated carbocycles. The van der Waals surface area contributed by atoms with E-state index < -0.39 is 0 Å². The summed E-state index contributed by atoms with van der Waals surface area (Å²) in [6, 6.07) is 9.36. The summed E-state index contributed by atoms with van der Waals surface area (Å²) in [5.74, 6) is 0.778. The van der Waals surface area contributed by atoms with Crippen LogP contribution in [-0.2, 0) is 6.54 Å². The molecule has 0 fully saturated rings. The summed E-state index contributed by atoms with van der Waals surface area (Å²) < 4.78 is 6.01. The summed E-state index contributed by atoms with van der Waals surface area (Å²) in [5.41, 5.74) is 7.19. The van der Waals surface area contributed by atoms with Crippen molar-refractivity contribution in [3.63, 3.8) is 0 Å². The van der Waals surface area contributed by atoms with E-state index in [0.29, 0.717) is 12.1 Å². The molecule has 0 aliphatic carbocycles. The van der Waals surface area contributed by atoms with Crippen molar-refractivity contribution < 1.29 is 4.74 Å². The Morgan fingerprint density at radius 1 is 1.40 bits per heavy atom. The molecule has 0 aliphatic heterocycles. The number of hydrogen-bond donors (Lipinski definition) is 2. The third-order valence-electron chi connectivity index (χ3n) is 2.93. The van der Waals surface area contributed by atoms with Gasteiger partial charge in [0.2, 0.25) is 0 Å². The molecule has 1 aromatic heterocycles. The fraction of sp³-hybridized carbons (Fsp3) is 0.214. The molecule has 2 rings (SSSR count). The summed E-state index contributed by atoms with van der Waals surface area (Å²) in [5, 5.41) is 7.67. The maximum absolute atomic E-state index is 7.67. The van der Waals surface area contributed by atoms with Crippen molar-refractivity contribution >= 4 is 34.5 Å². The minimum Gasteiger partial charge on any atom is -0.497 e. The van der Waals surface area contributed by atoms with E-state index in [9.17, 15) is 0 Å². The average molecular weight is 310 g/mol. The first kappa shape index (κ1) is 14.7. The number of anilines is 1. The zero-order valence-corrected chi connectivity index (χ0v) is 12.9. The lowest BCUT2D eigenvalue weighted by Crippen LogP contribution is -2.21. The first-order chi connectivity index (χ1) is 9.51. The molecule has 0 aliphatic rings. The van der Waals surface area contributed by atoms with Gasteiger partial charge in [-0.2, -0.15) is 0 Å². The standard InChI is InChI=1S/C14H16ClN3OS/c1-18(8-10-4-6-13(15)20-10)12-7-9(19-2)3-5-11(12)14(16)17/h3-7H,8H2,1-2H3,(H3,16,17). The average Bonchev–Trinajstić information content (AvgIpc) is 2.83. The maximum atomic E-state index is 7.67. The van der Waals surface area contributed by atoms with Crippen molar-refractivity contribution in [2.45, 2.75) is 6.54 Å². The van der Waals surface area contributed by atoms with E-state index in [-0.39, 0.29) is 5.84 Å². The van der Waals surface area contributed by atoms with Crippen molar-refractivity contribution in [1.29, 1.82) is 5.41 Å². The first-order valence-electron chi connectivity index (χ1n) is 5.99.